The summed E-state index contributed by atoms with van der Waals surface area (Å²) < 4.78 is 0.963. The molecule has 0 aliphatic carbocycles. The molecule has 0 aromatic heterocycles. The molecule has 1 N–H and O–H groups in total. The average Bonchev–Trinajstić information content (AvgIpc) is 2.41. The van der Waals surface area contributed by atoms with Crippen molar-refractivity contribution in [2.45, 2.75) is 31.7 Å². The topological polar surface area (TPSA) is 57.6 Å². The van der Waals surface area contributed by atoms with Crippen LogP contribution >= 0.6 is 15.9 Å². The second-order valence-corrected chi connectivity index (χ2v) is 5.66. The molecule has 0 unspecified atom stereocenters. The zero-order valence-electron chi connectivity index (χ0n) is 10.5. The highest BCUT2D eigenvalue weighted by Gasteiger charge is 2.31. The molecule has 0 saturated carbocycles. The molecule has 0 spiro atoms. The first-order valence-corrected chi connectivity index (χ1v) is 7.14. The number of amides is 1. The smallest absolute Gasteiger partial charge is 0.326 e. The summed E-state index contributed by atoms with van der Waals surface area (Å²) >= 11 is 3.34. The molecule has 1 heterocycles. The molecule has 1 aliphatic rings. The summed E-state index contributed by atoms with van der Waals surface area (Å²) in [6.45, 7) is 0.548. The van der Waals surface area contributed by atoms with Gasteiger partial charge in [-0.25, -0.2) is 4.79 Å². The Labute approximate surface area is 120 Å². The highest BCUT2D eigenvalue weighted by molar-refractivity contribution is 9.10. The monoisotopic (exact) mass is 325 g/mol. The summed E-state index contributed by atoms with van der Waals surface area (Å²) in [6, 6.07) is 6.86. The van der Waals surface area contributed by atoms with Crippen molar-refractivity contribution in [3.05, 3.63) is 34.3 Å². The zero-order chi connectivity index (χ0) is 13.8. The number of carboxylic acid groups (broad SMARTS) is 1. The lowest BCUT2D eigenvalue weighted by Crippen LogP contribution is -2.48. The number of likely N-dealkylation sites (tertiary alicyclic amines) is 1. The van der Waals surface area contributed by atoms with Crippen LogP contribution in [0.5, 0.6) is 0 Å². The Balaban J connectivity index is 2.05. The third-order valence-electron chi connectivity index (χ3n) is 3.38. The van der Waals surface area contributed by atoms with Crippen LogP contribution in [0.1, 0.15) is 24.8 Å². The van der Waals surface area contributed by atoms with Gasteiger partial charge in [0.2, 0.25) is 5.91 Å². The fraction of sp³-hybridized carbons (Fsp3) is 0.429. The van der Waals surface area contributed by atoms with E-state index < -0.39 is 12.0 Å². The molecule has 1 aromatic rings. The minimum atomic E-state index is -0.899. The van der Waals surface area contributed by atoms with E-state index >= 15 is 0 Å². The van der Waals surface area contributed by atoms with Crippen molar-refractivity contribution in [2.75, 3.05) is 6.54 Å². The highest BCUT2D eigenvalue weighted by Crippen LogP contribution is 2.19. The fourth-order valence-corrected chi connectivity index (χ4v) is 2.63. The normalized spacial score (nSPS) is 19.2. The summed E-state index contributed by atoms with van der Waals surface area (Å²) in [5.41, 5.74) is 0.905. The van der Waals surface area contributed by atoms with E-state index in [-0.39, 0.29) is 12.3 Å². The molecule has 0 radical (unpaired) electrons. The molecule has 1 fully saturated rings. The number of nitrogens with zero attached hydrogens (tertiary/aromatic N) is 1. The number of carbonyl (C=O) groups excluding carboxylic acids is 1. The molecular weight excluding hydrogens is 310 g/mol. The van der Waals surface area contributed by atoms with Crippen LogP contribution in [0.2, 0.25) is 0 Å². The van der Waals surface area contributed by atoms with Gasteiger partial charge in [0.25, 0.3) is 0 Å². The van der Waals surface area contributed by atoms with Gasteiger partial charge in [-0.2, -0.15) is 0 Å². The van der Waals surface area contributed by atoms with Crippen LogP contribution in [0.3, 0.4) is 0 Å². The third-order valence-corrected chi connectivity index (χ3v) is 3.91. The Hall–Kier alpha value is -1.36. The number of carboxylic acids is 1. The summed E-state index contributed by atoms with van der Waals surface area (Å²) in [4.78, 5) is 24.9. The summed E-state index contributed by atoms with van der Waals surface area (Å²) in [7, 11) is 0. The number of carbonyl (C=O) groups is 2. The number of halogens is 1. The molecule has 1 amide bonds. The van der Waals surface area contributed by atoms with E-state index in [9.17, 15) is 9.59 Å². The minimum Gasteiger partial charge on any atom is -0.480 e. The third kappa shape index (κ3) is 3.56. The zero-order valence-corrected chi connectivity index (χ0v) is 12.1. The van der Waals surface area contributed by atoms with Gasteiger partial charge in [0.05, 0.1) is 6.42 Å². The van der Waals surface area contributed by atoms with Gasteiger partial charge < -0.3 is 10.0 Å². The number of aliphatic carboxylic acids is 1. The molecule has 5 heteroatoms. The van der Waals surface area contributed by atoms with E-state index in [4.69, 9.17) is 5.11 Å². The molecule has 1 aromatic carbocycles. The first-order valence-electron chi connectivity index (χ1n) is 6.34. The molecule has 1 atom stereocenters. The summed E-state index contributed by atoms with van der Waals surface area (Å²) in [5, 5.41) is 9.16. The Kier molecular flexibility index (Phi) is 4.58. The van der Waals surface area contributed by atoms with Crippen LogP contribution in [0.25, 0.3) is 0 Å². The van der Waals surface area contributed by atoms with Crippen molar-refractivity contribution in [3.63, 3.8) is 0 Å². The highest BCUT2D eigenvalue weighted by atomic mass is 79.9. The van der Waals surface area contributed by atoms with Crippen LogP contribution in [-0.2, 0) is 16.0 Å². The summed E-state index contributed by atoms with van der Waals surface area (Å²) in [6.07, 6.45) is 2.58. The Morgan fingerprint density at radius 2 is 1.95 bits per heavy atom. The van der Waals surface area contributed by atoms with Crippen molar-refractivity contribution in [3.8, 4) is 0 Å². The average molecular weight is 326 g/mol. The van der Waals surface area contributed by atoms with Gasteiger partial charge >= 0.3 is 5.97 Å². The first kappa shape index (κ1) is 14.1. The predicted octanol–water partition coefficient (Wildman–Crippen LogP) is 2.46. The van der Waals surface area contributed by atoms with Crippen LogP contribution < -0.4 is 0 Å². The minimum absolute atomic E-state index is 0.102. The molecule has 2 rings (SSSR count). The van der Waals surface area contributed by atoms with Crippen molar-refractivity contribution in [1.82, 2.24) is 4.90 Å². The van der Waals surface area contributed by atoms with Gasteiger partial charge in [-0.3, -0.25) is 4.79 Å². The van der Waals surface area contributed by atoms with Gasteiger partial charge in [0.15, 0.2) is 0 Å². The van der Waals surface area contributed by atoms with E-state index in [0.717, 1.165) is 22.9 Å². The van der Waals surface area contributed by atoms with E-state index in [0.29, 0.717) is 13.0 Å². The lowest BCUT2D eigenvalue weighted by atomic mass is 10.0. The lowest BCUT2D eigenvalue weighted by Gasteiger charge is -2.33. The van der Waals surface area contributed by atoms with Crippen LogP contribution in [0, 0.1) is 0 Å². The Morgan fingerprint density at radius 3 is 2.58 bits per heavy atom. The first-order chi connectivity index (χ1) is 9.08. The Bertz CT molecular complexity index is 472. The van der Waals surface area contributed by atoms with Crippen LogP contribution in [0.4, 0.5) is 0 Å². The van der Waals surface area contributed by atoms with Crippen molar-refractivity contribution >= 4 is 27.8 Å². The van der Waals surface area contributed by atoms with Crippen LogP contribution in [-0.4, -0.2) is 34.5 Å². The number of rotatable bonds is 3. The van der Waals surface area contributed by atoms with E-state index in [2.05, 4.69) is 15.9 Å². The maximum atomic E-state index is 12.2. The van der Waals surface area contributed by atoms with Gasteiger partial charge in [0, 0.05) is 11.0 Å². The maximum Gasteiger partial charge on any atom is 0.326 e. The molecule has 19 heavy (non-hydrogen) atoms. The fourth-order valence-electron chi connectivity index (χ4n) is 2.37. The number of hydrogen-bond donors (Lipinski definition) is 1. The molecule has 4 nitrogen and oxygen atoms in total. The van der Waals surface area contributed by atoms with Crippen LogP contribution in [0.15, 0.2) is 28.7 Å². The van der Waals surface area contributed by atoms with Crippen molar-refractivity contribution in [1.29, 1.82) is 0 Å². The van der Waals surface area contributed by atoms with Gasteiger partial charge in [0.1, 0.15) is 6.04 Å². The second kappa shape index (κ2) is 6.19. The molecule has 1 saturated heterocycles. The van der Waals surface area contributed by atoms with Crippen molar-refractivity contribution in [2.24, 2.45) is 0 Å². The number of piperidine rings is 1. The molecule has 102 valence electrons. The van der Waals surface area contributed by atoms with Crippen molar-refractivity contribution < 1.29 is 14.7 Å². The largest absolute Gasteiger partial charge is 0.480 e. The second-order valence-electron chi connectivity index (χ2n) is 4.74. The predicted molar refractivity (Wildman–Crippen MR) is 74.8 cm³/mol. The van der Waals surface area contributed by atoms with Gasteiger partial charge in [-0.1, -0.05) is 28.1 Å². The SMILES string of the molecule is O=C(O)[C@H]1CCCCN1C(=O)Cc1ccc(Br)cc1. The molecular formula is C14H16BrNO3. The van der Waals surface area contributed by atoms with E-state index in [1.807, 2.05) is 24.3 Å². The maximum absolute atomic E-state index is 12.2. The molecule has 0 bridgehead atoms. The summed E-state index contributed by atoms with van der Waals surface area (Å²) in [5.74, 6) is -1.00. The number of benzene rings is 1. The molecule has 1 aliphatic heterocycles. The Morgan fingerprint density at radius 1 is 1.26 bits per heavy atom. The standard InChI is InChI=1S/C14H16BrNO3/c15-11-6-4-10(5-7-11)9-13(17)16-8-2-1-3-12(16)14(18)19/h4-7,12H,1-3,8-9H2,(H,18,19)/t12-/m1/s1. The van der Waals surface area contributed by atoms with Gasteiger partial charge in [-0.15, -0.1) is 0 Å². The van der Waals surface area contributed by atoms with E-state index in [1.54, 1.807) is 0 Å². The van der Waals surface area contributed by atoms with E-state index in [1.165, 1.54) is 4.90 Å². The lowest BCUT2D eigenvalue weighted by molar-refractivity contribution is -0.151. The van der Waals surface area contributed by atoms with Gasteiger partial charge in [-0.05, 0) is 37.0 Å². The quantitative estimate of drug-likeness (QED) is 0.928. The number of hydrogen-bond acceptors (Lipinski definition) is 2.